The zero-order chi connectivity index (χ0) is 14.3. The molecule has 0 radical (unpaired) electrons. The first-order valence-electron chi connectivity index (χ1n) is 7.10. The fourth-order valence-electron chi connectivity index (χ4n) is 2.10. The van der Waals surface area contributed by atoms with E-state index in [1.807, 2.05) is 6.07 Å². The summed E-state index contributed by atoms with van der Waals surface area (Å²) in [6.07, 6.45) is 1.00. The molecule has 3 nitrogen and oxygen atoms in total. The number of rotatable bonds is 8. The van der Waals surface area contributed by atoms with Crippen LogP contribution in [0.3, 0.4) is 0 Å². The van der Waals surface area contributed by atoms with Gasteiger partial charge in [0.15, 0.2) is 0 Å². The van der Waals surface area contributed by atoms with Crippen LogP contribution in [0.2, 0.25) is 0 Å². The van der Waals surface area contributed by atoms with Gasteiger partial charge in [0, 0.05) is 19.7 Å². The molecule has 0 amide bonds. The molecule has 3 heteroatoms. The van der Waals surface area contributed by atoms with Gasteiger partial charge in [-0.25, -0.2) is 0 Å². The Morgan fingerprint density at radius 2 is 2.05 bits per heavy atom. The first-order chi connectivity index (χ1) is 9.12. The second-order valence-corrected chi connectivity index (χ2v) is 5.32. The van der Waals surface area contributed by atoms with Crippen LogP contribution in [0.5, 0.6) is 5.75 Å². The third-order valence-electron chi connectivity index (χ3n) is 3.51. The van der Waals surface area contributed by atoms with Crippen molar-refractivity contribution in [2.24, 2.45) is 5.92 Å². The summed E-state index contributed by atoms with van der Waals surface area (Å²) < 4.78 is 5.39. The second-order valence-electron chi connectivity index (χ2n) is 5.32. The Bertz CT molecular complexity index is 373. The highest BCUT2D eigenvalue weighted by atomic mass is 16.5. The minimum atomic E-state index is 0.253. The van der Waals surface area contributed by atoms with Gasteiger partial charge >= 0.3 is 0 Å². The molecule has 1 aromatic carbocycles. The van der Waals surface area contributed by atoms with Crippen molar-refractivity contribution in [3.63, 3.8) is 0 Å². The number of methoxy groups -OCH3 is 1. The van der Waals surface area contributed by atoms with Crippen molar-refractivity contribution in [3.05, 3.63) is 29.3 Å². The number of aliphatic hydroxyl groups excluding tert-OH is 1. The van der Waals surface area contributed by atoms with Gasteiger partial charge in [0.1, 0.15) is 5.75 Å². The molecule has 2 N–H and O–H groups in total. The maximum atomic E-state index is 9.15. The Kier molecular flexibility index (Phi) is 6.89. The highest BCUT2D eigenvalue weighted by Gasteiger charge is 2.09. The van der Waals surface area contributed by atoms with E-state index in [1.165, 1.54) is 11.1 Å². The molecule has 0 fully saturated rings. The van der Waals surface area contributed by atoms with Crippen LogP contribution in [-0.2, 0) is 6.54 Å². The van der Waals surface area contributed by atoms with Gasteiger partial charge in [-0.2, -0.15) is 0 Å². The Hall–Kier alpha value is -1.06. The summed E-state index contributed by atoms with van der Waals surface area (Å²) >= 11 is 0. The molecular formula is C16H27NO2. The zero-order valence-corrected chi connectivity index (χ0v) is 12.6. The van der Waals surface area contributed by atoms with Crippen LogP contribution in [0.25, 0.3) is 0 Å². The Morgan fingerprint density at radius 3 is 2.58 bits per heavy atom. The summed E-state index contributed by atoms with van der Waals surface area (Å²) in [5, 5.41) is 12.6. The molecule has 0 saturated heterocycles. The van der Waals surface area contributed by atoms with Crippen molar-refractivity contribution in [2.45, 2.75) is 39.7 Å². The third kappa shape index (κ3) is 4.84. The molecule has 0 aromatic heterocycles. The number of hydrogen-bond acceptors (Lipinski definition) is 3. The van der Waals surface area contributed by atoms with E-state index in [0.717, 1.165) is 25.3 Å². The van der Waals surface area contributed by atoms with Crippen LogP contribution in [0.4, 0.5) is 0 Å². The average Bonchev–Trinajstić information content (AvgIpc) is 2.43. The summed E-state index contributed by atoms with van der Waals surface area (Å²) in [5.41, 5.74) is 2.51. The van der Waals surface area contributed by atoms with Gasteiger partial charge in [-0.05, 0) is 35.4 Å². The van der Waals surface area contributed by atoms with Crippen molar-refractivity contribution in [1.82, 2.24) is 5.32 Å². The van der Waals surface area contributed by atoms with Gasteiger partial charge < -0.3 is 15.2 Å². The predicted molar refractivity (Wildman–Crippen MR) is 79.7 cm³/mol. The first-order valence-corrected chi connectivity index (χ1v) is 7.10. The normalized spacial score (nSPS) is 12.7. The number of nitrogens with one attached hydrogen (secondary N) is 1. The minimum absolute atomic E-state index is 0.253. The fourth-order valence-corrected chi connectivity index (χ4v) is 2.10. The van der Waals surface area contributed by atoms with Gasteiger partial charge in [-0.15, -0.1) is 0 Å². The lowest BCUT2D eigenvalue weighted by Crippen LogP contribution is -2.24. The van der Waals surface area contributed by atoms with Crippen LogP contribution in [0.1, 0.15) is 44.2 Å². The maximum absolute atomic E-state index is 9.15. The Labute approximate surface area is 117 Å². The number of benzene rings is 1. The molecular weight excluding hydrogens is 238 g/mol. The van der Waals surface area contributed by atoms with Crippen molar-refractivity contribution < 1.29 is 9.84 Å². The molecule has 0 spiro atoms. The molecule has 0 aliphatic carbocycles. The summed E-state index contributed by atoms with van der Waals surface area (Å²) in [5.74, 6) is 1.76. The SMILES string of the molecule is CCC(CO)CNCc1ccc(OC)c(C(C)C)c1. The fraction of sp³-hybridized carbons (Fsp3) is 0.625. The third-order valence-corrected chi connectivity index (χ3v) is 3.51. The maximum Gasteiger partial charge on any atom is 0.122 e. The van der Waals surface area contributed by atoms with E-state index < -0.39 is 0 Å². The van der Waals surface area contributed by atoms with E-state index in [4.69, 9.17) is 9.84 Å². The van der Waals surface area contributed by atoms with E-state index in [9.17, 15) is 0 Å². The molecule has 0 heterocycles. The van der Waals surface area contributed by atoms with E-state index >= 15 is 0 Å². The Balaban J connectivity index is 2.62. The van der Waals surface area contributed by atoms with E-state index in [-0.39, 0.29) is 6.61 Å². The van der Waals surface area contributed by atoms with E-state index in [1.54, 1.807) is 7.11 Å². The molecule has 0 saturated carbocycles. The van der Waals surface area contributed by atoms with Crippen LogP contribution < -0.4 is 10.1 Å². The van der Waals surface area contributed by atoms with Gasteiger partial charge in [0.25, 0.3) is 0 Å². The lowest BCUT2D eigenvalue weighted by atomic mass is 9.99. The molecule has 0 bridgehead atoms. The predicted octanol–water partition coefficient (Wildman–Crippen LogP) is 2.93. The smallest absolute Gasteiger partial charge is 0.122 e. The van der Waals surface area contributed by atoms with Crippen LogP contribution in [0.15, 0.2) is 18.2 Å². The van der Waals surface area contributed by atoms with Gasteiger partial charge in [0.05, 0.1) is 7.11 Å². The highest BCUT2D eigenvalue weighted by molar-refractivity contribution is 5.39. The monoisotopic (exact) mass is 265 g/mol. The number of hydrogen-bond donors (Lipinski definition) is 2. The number of ether oxygens (including phenoxy) is 1. The molecule has 1 atom stereocenters. The summed E-state index contributed by atoms with van der Waals surface area (Å²) in [7, 11) is 1.71. The lowest BCUT2D eigenvalue weighted by Gasteiger charge is -2.15. The van der Waals surface area contributed by atoms with Crippen LogP contribution >= 0.6 is 0 Å². The first kappa shape index (κ1) is 16.0. The molecule has 1 unspecified atom stereocenters. The number of aliphatic hydroxyl groups is 1. The molecule has 1 aromatic rings. The van der Waals surface area contributed by atoms with Gasteiger partial charge in [0.2, 0.25) is 0 Å². The minimum Gasteiger partial charge on any atom is -0.496 e. The van der Waals surface area contributed by atoms with E-state index in [0.29, 0.717) is 11.8 Å². The van der Waals surface area contributed by atoms with Crippen molar-refractivity contribution >= 4 is 0 Å². The lowest BCUT2D eigenvalue weighted by molar-refractivity contribution is 0.218. The highest BCUT2D eigenvalue weighted by Crippen LogP contribution is 2.27. The van der Waals surface area contributed by atoms with Crippen molar-refractivity contribution in [1.29, 1.82) is 0 Å². The standard InChI is InChI=1S/C16H27NO2/c1-5-13(11-18)9-17-10-14-6-7-16(19-4)15(8-14)12(2)3/h6-8,12-13,17-18H,5,9-11H2,1-4H3. The molecule has 0 aliphatic rings. The molecule has 19 heavy (non-hydrogen) atoms. The topological polar surface area (TPSA) is 41.5 Å². The molecule has 0 aliphatic heterocycles. The van der Waals surface area contributed by atoms with Crippen molar-refractivity contribution in [3.8, 4) is 5.75 Å². The second kappa shape index (κ2) is 8.18. The van der Waals surface area contributed by atoms with Crippen LogP contribution in [-0.4, -0.2) is 25.4 Å². The molecule has 1 rings (SSSR count). The molecule has 108 valence electrons. The van der Waals surface area contributed by atoms with Crippen LogP contribution in [0, 0.1) is 5.92 Å². The largest absolute Gasteiger partial charge is 0.496 e. The average molecular weight is 265 g/mol. The Morgan fingerprint density at radius 1 is 1.32 bits per heavy atom. The van der Waals surface area contributed by atoms with Gasteiger partial charge in [-0.3, -0.25) is 0 Å². The van der Waals surface area contributed by atoms with Gasteiger partial charge in [-0.1, -0.05) is 32.9 Å². The quantitative estimate of drug-likeness (QED) is 0.759. The summed E-state index contributed by atoms with van der Waals surface area (Å²) in [4.78, 5) is 0. The zero-order valence-electron chi connectivity index (χ0n) is 12.6. The summed E-state index contributed by atoms with van der Waals surface area (Å²) in [6, 6.07) is 6.34. The summed E-state index contributed by atoms with van der Waals surface area (Å²) in [6.45, 7) is 8.40. The van der Waals surface area contributed by atoms with E-state index in [2.05, 4.69) is 38.2 Å². The van der Waals surface area contributed by atoms with Crippen molar-refractivity contribution in [2.75, 3.05) is 20.3 Å².